The Morgan fingerprint density at radius 1 is 1.06 bits per heavy atom. The van der Waals surface area contributed by atoms with Crippen LogP contribution in [0.25, 0.3) is 21.6 Å². The zero-order chi connectivity index (χ0) is 22.3. The molecule has 1 fully saturated rings. The Balaban J connectivity index is 1.83. The van der Waals surface area contributed by atoms with Crippen molar-refractivity contribution in [2.24, 2.45) is 5.92 Å². The second-order valence-corrected chi connectivity index (χ2v) is 9.74. The van der Waals surface area contributed by atoms with Gasteiger partial charge in [0, 0.05) is 29.7 Å². The average molecular weight is 480 g/mol. The third kappa shape index (κ3) is 3.96. The lowest BCUT2D eigenvalue weighted by atomic mass is 9.93. The number of anilines is 1. The number of piperidine rings is 1. The van der Waals surface area contributed by atoms with Crippen molar-refractivity contribution < 1.29 is 0 Å². The Labute approximate surface area is 193 Å². The van der Waals surface area contributed by atoms with Crippen LogP contribution >= 0.6 is 15.9 Å². The first-order chi connectivity index (χ1) is 14.8. The first-order valence-electron chi connectivity index (χ1n) is 11.0. The summed E-state index contributed by atoms with van der Waals surface area (Å²) in [6.07, 6.45) is 3.28. The Bertz CT molecular complexity index is 1160. The van der Waals surface area contributed by atoms with Crippen LogP contribution < -0.4 is 4.90 Å². The van der Waals surface area contributed by atoms with E-state index in [4.69, 9.17) is 16.5 Å². The van der Waals surface area contributed by atoms with Gasteiger partial charge in [-0.3, -0.25) is 4.57 Å². The van der Waals surface area contributed by atoms with Gasteiger partial charge in [-0.25, -0.2) is 16.5 Å². The summed E-state index contributed by atoms with van der Waals surface area (Å²) >= 11 is 3.63. The number of benzene rings is 1. The van der Waals surface area contributed by atoms with Gasteiger partial charge in [0.25, 0.3) is 0 Å². The fourth-order valence-electron chi connectivity index (χ4n) is 4.99. The lowest BCUT2D eigenvalue weighted by Gasteiger charge is -2.32. The predicted molar refractivity (Wildman–Crippen MR) is 131 cm³/mol. The average Bonchev–Trinajstić information content (AvgIpc) is 2.96. The second-order valence-electron chi connectivity index (χ2n) is 8.83. The first kappa shape index (κ1) is 21.8. The fourth-order valence-corrected chi connectivity index (χ4v) is 5.67. The smallest absolute Gasteiger partial charge is 0.214 e. The number of halogens is 1. The van der Waals surface area contributed by atoms with Gasteiger partial charge in [0.1, 0.15) is 11.6 Å². The van der Waals surface area contributed by atoms with E-state index in [1.807, 2.05) is 6.92 Å². The van der Waals surface area contributed by atoms with E-state index >= 15 is 0 Å². The van der Waals surface area contributed by atoms with Crippen LogP contribution in [0.2, 0.25) is 0 Å². The third-order valence-corrected chi connectivity index (χ3v) is 7.15. The molecule has 0 aliphatic carbocycles. The molecule has 0 unspecified atom stereocenters. The molecule has 162 valence electrons. The highest BCUT2D eigenvalue weighted by Gasteiger charge is 2.26. The van der Waals surface area contributed by atoms with E-state index in [9.17, 15) is 0 Å². The summed E-state index contributed by atoms with van der Waals surface area (Å²) in [6.45, 7) is 20.4. The Hall–Kier alpha value is -2.39. The van der Waals surface area contributed by atoms with Crippen molar-refractivity contribution in [2.75, 3.05) is 24.5 Å². The number of fused-ring (bicyclic) bond motifs is 1. The predicted octanol–water partition coefficient (Wildman–Crippen LogP) is 6.25. The van der Waals surface area contributed by atoms with Gasteiger partial charge in [-0.05, 0) is 82.2 Å². The van der Waals surface area contributed by atoms with Gasteiger partial charge in [-0.1, -0.05) is 15.9 Å². The van der Waals surface area contributed by atoms with E-state index in [0.717, 1.165) is 54.1 Å². The summed E-state index contributed by atoms with van der Waals surface area (Å²) in [6, 6.07) is 4.34. The first-order valence-corrected chi connectivity index (χ1v) is 11.8. The highest BCUT2D eigenvalue weighted by Crippen LogP contribution is 2.37. The number of hydrogen-bond donors (Lipinski definition) is 0. The lowest BCUT2D eigenvalue weighted by molar-refractivity contribution is 0.391. The molecule has 0 saturated carbocycles. The topological polar surface area (TPSA) is 38.3 Å². The van der Waals surface area contributed by atoms with E-state index in [1.54, 1.807) is 0 Å². The monoisotopic (exact) mass is 479 g/mol. The standard InChI is InChI=1S/C25H30BrN5/c1-15-13-21(26)14-16(2)23(15)31-18(4)17(3)22-24(28-19(5)29-25(22)31)30-11-8-20(9-12-30)7-10-27-6/h13-14,20H,7-12H2,1-5H3. The van der Waals surface area contributed by atoms with Crippen LogP contribution in [0.1, 0.15) is 47.5 Å². The molecular weight excluding hydrogens is 450 g/mol. The highest BCUT2D eigenvalue weighted by molar-refractivity contribution is 9.10. The molecule has 3 aromatic rings. The van der Waals surface area contributed by atoms with Crippen molar-refractivity contribution in [1.82, 2.24) is 14.5 Å². The molecule has 0 radical (unpaired) electrons. The Kier molecular flexibility index (Phi) is 6.07. The van der Waals surface area contributed by atoms with Crippen LogP contribution in [0.3, 0.4) is 0 Å². The molecule has 6 heteroatoms. The number of nitrogens with zero attached hydrogens (tertiary/aromatic N) is 5. The van der Waals surface area contributed by atoms with Crippen LogP contribution in [0, 0.1) is 47.1 Å². The van der Waals surface area contributed by atoms with Gasteiger partial charge in [0.2, 0.25) is 6.54 Å². The molecule has 0 atom stereocenters. The molecule has 2 aromatic heterocycles. The van der Waals surface area contributed by atoms with Crippen molar-refractivity contribution in [1.29, 1.82) is 0 Å². The van der Waals surface area contributed by atoms with E-state index < -0.39 is 0 Å². The maximum absolute atomic E-state index is 7.06. The molecular formula is C25H30BrN5. The molecule has 5 nitrogen and oxygen atoms in total. The van der Waals surface area contributed by atoms with Crippen LogP contribution in [0.4, 0.5) is 5.82 Å². The SMILES string of the molecule is [C-]#[N+]CCC1CCN(c2nc(C)nc3c2c(C)c(C)n3-c2c(C)cc(Br)cc2C)CC1. The van der Waals surface area contributed by atoms with Crippen molar-refractivity contribution >= 4 is 32.8 Å². The second kappa shape index (κ2) is 8.63. The zero-order valence-corrected chi connectivity index (χ0v) is 20.7. The Morgan fingerprint density at radius 2 is 1.71 bits per heavy atom. The molecule has 31 heavy (non-hydrogen) atoms. The molecule has 4 rings (SSSR count). The summed E-state index contributed by atoms with van der Waals surface area (Å²) in [5.41, 5.74) is 7.14. The molecule has 1 saturated heterocycles. The Morgan fingerprint density at radius 3 is 2.32 bits per heavy atom. The van der Waals surface area contributed by atoms with Crippen LogP contribution in [0.15, 0.2) is 16.6 Å². The number of aromatic nitrogens is 3. The number of hydrogen-bond acceptors (Lipinski definition) is 3. The normalized spacial score (nSPS) is 14.9. The van der Waals surface area contributed by atoms with E-state index in [-0.39, 0.29) is 0 Å². The van der Waals surface area contributed by atoms with E-state index in [2.05, 4.69) is 70.1 Å². The quantitative estimate of drug-likeness (QED) is 0.415. The summed E-state index contributed by atoms with van der Waals surface area (Å²) in [7, 11) is 0. The molecule has 3 heterocycles. The summed E-state index contributed by atoms with van der Waals surface area (Å²) in [5, 5.41) is 1.17. The largest absolute Gasteiger partial charge is 0.356 e. The van der Waals surface area contributed by atoms with Crippen molar-refractivity contribution in [2.45, 2.75) is 53.9 Å². The maximum atomic E-state index is 7.06. The minimum absolute atomic E-state index is 0.647. The third-order valence-electron chi connectivity index (χ3n) is 6.69. The molecule has 0 N–H and O–H groups in total. The molecule has 1 aromatic carbocycles. The lowest BCUT2D eigenvalue weighted by Crippen LogP contribution is -2.34. The van der Waals surface area contributed by atoms with Gasteiger partial charge >= 0.3 is 0 Å². The number of aryl methyl sites for hydroxylation is 4. The van der Waals surface area contributed by atoms with E-state index in [0.29, 0.717) is 12.5 Å². The molecule has 0 bridgehead atoms. The van der Waals surface area contributed by atoms with Crippen molar-refractivity contribution in [3.8, 4) is 5.69 Å². The van der Waals surface area contributed by atoms with Crippen LogP contribution in [-0.2, 0) is 0 Å². The summed E-state index contributed by atoms with van der Waals surface area (Å²) in [4.78, 5) is 15.8. The van der Waals surface area contributed by atoms with Gasteiger partial charge in [0.05, 0.1) is 11.1 Å². The maximum Gasteiger partial charge on any atom is 0.214 e. The van der Waals surface area contributed by atoms with Crippen molar-refractivity contribution in [3.05, 3.63) is 56.2 Å². The molecule has 1 aliphatic heterocycles. The molecule has 0 amide bonds. The van der Waals surface area contributed by atoms with Gasteiger partial charge < -0.3 is 9.74 Å². The van der Waals surface area contributed by atoms with Gasteiger partial charge in [0.15, 0.2) is 5.65 Å². The summed E-state index contributed by atoms with van der Waals surface area (Å²) < 4.78 is 3.42. The van der Waals surface area contributed by atoms with Gasteiger partial charge in [-0.15, -0.1) is 0 Å². The van der Waals surface area contributed by atoms with E-state index in [1.165, 1.54) is 33.5 Å². The number of rotatable bonds is 4. The molecule has 1 aliphatic rings. The fraction of sp³-hybridized carbons (Fsp3) is 0.480. The van der Waals surface area contributed by atoms with Crippen LogP contribution in [0.5, 0.6) is 0 Å². The highest BCUT2D eigenvalue weighted by atomic mass is 79.9. The van der Waals surface area contributed by atoms with Crippen LogP contribution in [-0.4, -0.2) is 34.2 Å². The van der Waals surface area contributed by atoms with Gasteiger partial charge in [-0.2, -0.15) is 0 Å². The molecule has 0 spiro atoms. The minimum atomic E-state index is 0.647. The summed E-state index contributed by atoms with van der Waals surface area (Å²) in [5.74, 6) is 2.53. The zero-order valence-electron chi connectivity index (χ0n) is 19.1. The van der Waals surface area contributed by atoms with Crippen molar-refractivity contribution in [3.63, 3.8) is 0 Å². The minimum Gasteiger partial charge on any atom is -0.356 e.